The number of nitrogens with zero attached hydrogens (tertiary/aromatic N) is 1. The predicted molar refractivity (Wildman–Crippen MR) is 101 cm³/mol. The molecule has 0 radical (unpaired) electrons. The van der Waals surface area contributed by atoms with Crippen LogP contribution in [-0.4, -0.2) is 36.6 Å². The van der Waals surface area contributed by atoms with E-state index in [-0.39, 0.29) is 17.8 Å². The minimum absolute atomic E-state index is 0.0476. The standard InChI is InChI=1S/C21H21FN2O3/c1-26-19-9-8-13(11-20(19)27-2)18-7-4-10-24(18)21(25)17-12-14-15(22)5-3-6-16(14)23-17/h3,5-6,8-9,11-12,18,23H,4,7,10H2,1-2H3. The van der Waals surface area contributed by atoms with Gasteiger partial charge in [-0.2, -0.15) is 0 Å². The topological polar surface area (TPSA) is 54.6 Å². The highest BCUT2D eigenvalue weighted by molar-refractivity contribution is 5.98. The van der Waals surface area contributed by atoms with Gasteiger partial charge in [0.2, 0.25) is 0 Å². The zero-order valence-corrected chi connectivity index (χ0v) is 15.3. The molecule has 1 atom stereocenters. The molecule has 1 amide bonds. The first kappa shape index (κ1) is 17.4. The van der Waals surface area contributed by atoms with Crippen molar-refractivity contribution in [3.8, 4) is 11.5 Å². The Morgan fingerprint density at radius 1 is 1.15 bits per heavy atom. The van der Waals surface area contributed by atoms with Gasteiger partial charge in [-0.1, -0.05) is 12.1 Å². The van der Waals surface area contributed by atoms with Crippen LogP contribution in [-0.2, 0) is 0 Å². The maximum Gasteiger partial charge on any atom is 0.270 e. The second-order valence-corrected chi connectivity index (χ2v) is 6.66. The molecule has 0 bridgehead atoms. The molecule has 1 aliphatic rings. The molecule has 5 nitrogen and oxygen atoms in total. The number of amides is 1. The number of benzene rings is 2. The van der Waals surface area contributed by atoms with Crippen LogP contribution in [0.1, 0.15) is 34.9 Å². The number of aromatic nitrogens is 1. The number of rotatable bonds is 4. The number of H-pyrrole nitrogens is 1. The van der Waals surface area contributed by atoms with Crippen molar-refractivity contribution in [3.05, 3.63) is 59.5 Å². The molecule has 27 heavy (non-hydrogen) atoms. The van der Waals surface area contributed by atoms with Crippen molar-refractivity contribution in [2.24, 2.45) is 0 Å². The van der Waals surface area contributed by atoms with E-state index in [4.69, 9.17) is 9.47 Å². The Balaban J connectivity index is 1.66. The molecule has 0 saturated carbocycles. The Labute approximate surface area is 156 Å². The Morgan fingerprint density at radius 2 is 1.96 bits per heavy atom. The Bertz CT molecular complexity index is 998. The van der Waals surface area contributed by atoms with E-state index in [1.54, 1.807) is 32.4 Å². The molecule has 6 heteroatoms. The van der Waals surface area contributed by atoms with Gasteiger partial charge in [0.05, 0.1) is 20.3 Å². The monoisotopic (exact) mass is 368 g/mol. The molecule has 0 aliphatic carbocycles. The van der Waals surface area contributed by atoms with Gasteiger partial charge >= 0.3 is 0 Å². The second-order valence-electron chi connectivity index (χ2n) is 6.66. The average molecular weight is 368 g/mol. The maximum absolute atomic E-state index is 14.0. The molecule has 4 rings (SSSR count). The van der Waals surface area contributed by atoms with Gasteiger partial charge in [0.15, 0.2) is 11.5 Å². The molecule has 140 valence electrons. The number of halogens is 1. The Kier molecular flexibility index (Phi) is 4.48. The summed E-state index contributed by atoms with van der Waals surface area (Å²) in [5, 5.41) is 0.433. The summed E-state index contributed by atoms with van der Waals surface area (Å²) >= 11 is 0. The number of hydrogen-bond donors (Lipinski definition) is 1. The Morgan fingerprint density at radius 3 is 2.70 bits per heavy atom. The highest BCUT2D eigenvalue weighted by Crippen LogP contribution is 2.37. The van der Waals surface area contributed by atoms with E-state index in [0.717, 1.165) is 18.4 Å². The van der Waals surface area contributed by atoms with Crippen molar-refractivity contribution < 1.29 is 18.7 Å². The van der Waals surface area contributed by atoms with Crippen LogP contribution >= 0.6 is 0 Å². The molecule has 1 unspecified atom stereocenters. The first-order valence-electron chi connectivity index (χ1n) is 8.92. The van der Waals surface area contributed by atoms with Crippen molar-refractivity contribution in [2.75, 3.05) is 20.8 Å². The smallest absolute Gasteiger partial charge is 0.270 e. The van der Waals surface area contributed by atoms with Crippen molar-refractivity contribution >= 4 is 16.8 Å². The first-order chi connectivity index (χ1) is 13.1. The largest absolute Gasteiger partial charge is 0.493 e. The molecule has 3 aromatic rings. The van der Waals surface area contributed by atoms with E-state index in [9.17, 15) is 9.18 Å². The molecule has 1 saturated heterocycles. The SMILES string of the molecule is COc1ccc(C2CCCN2C(=O)c2cc3c(F)cccc3[nH]2)cc1OC. The zero-order valence-electron chi connectivity index (χ0n) is 15.3. The third-order valence-corrected chi connectivity index (χ3v) is 5.15. The van der Waals surface area contributed by atoms with Crippen LogP contribution < -0.4 is 9.47 Å². The normalized spacial score (nSPS) is 16.7. The van der Waals surface area contributed by atoms with Crippen LogP contribution in [0.15, 0.2) is 42.5 Å². The minimum Gasteiger partial charge on any atom is -0.493 e. The molecule has 2 heterocycles. The van der Waals surface area contributed by atoms with Crippen molar-refractivity contribution in [3.63, 3.8) is 0 Å². The number of fused-ring (bicyclic) bond motifs is 1. The number of carbonyl (C=O) groups excluding carboxylic acids is 1. The fourth-order valence-electron chi connectivity index (χ4n) is 3.80. The fourth-order valence-corrected chi connectivity index (χ4v) is 3.80. The minimum atomic E-state index is -0.333. The third-order valence-electron chi connectivity index (χ3n) is 5.15. The molecular formula is C21H21FN2O3. The zero-order chi connectivity index (χ0) is 19.0. The summed E-state index contributed by atoms with van der Waals surface area (Å²) in [6, 6.07) is 12.1. The van der Waals surface area contributed by atoms with Gasteiger partial charge in [0, 0.05) is 17.4 Å². The van der Waals surface area contributed by atoms with E-state index < -0.39 is 0 Å². The van der Waals surface area contributed by atoms with E-state index in [0.29, 0.717) is 34.6 Å². The van der Waals surface area contributed by atoms with Crippen LogP contribution in [0.5, 0.6) is 11.5 Å². The second kappa shape index (κ2) is 6.95. The number of carbonyl (C=O) groups is 1. The summed E-state index contributed by atoms with van der Waals surface area (Å²) in [7, 11) is 3.19. The average Bonchev–Trinajstić information content (AvgIpc) is 3.34. The maximum atomic E-state index is 14.0. The van der Waals surface area contributed by atoms with Crippen LogP contribution in [0.25, 0.3) is 10.9 Å². The summed E-state index contributed by atoms with van der Waals surface area (Å²) in [6.07, 6.45) is 1.79. The van der Waals surface area contributed by atoms with Gasteiger partial charge < -0.3 is 19.4 Å². The molecule has 1 N–H and O–H groups in total. The molecule has 1 aliphatic heterocycles. The van der Waals surface area contributed by atoms with Gasteiger partial charge in [-0.3, -0.25) is 4.79 Å². The highest BCUT2D eigenvalue weighted by Gasteiger charge is 2.32. The van der Waals surface area contributed by atoms with Crippen molar-refractivity contribution in [1.82, 2.24) is 9.88 Å². The van der Waals surface area contributed by atoms with E-state index in [1.165, 1.54) is 6.07 Å². The Hall–Kier alpha value is -3.02. The summed E-state index contributed by atoms with van der Waals surface area (Å²) in [6.45, 7) is 0.662. The van der Waals surface area contributed by atoms with Gasteiger partial charge in [0.25, 0.3) is 5.91 Å². The molecule has 1 aromatic heterocycles. The van der Waals surface area contributed by atoms with Crippen LogP contribution in [0, 0.1) is 5.82 Å². The van der Waals surface area contributed by atoms with Crippen LogP contribution in [0.2, 0.25) is 0 Å². The molecule has 2 aromatic carbocycles. The number of likely N-dealkylation sites (tertiary alicyclic amines) is 1. The lowest BCUT2D eigenvalue weighted by atomic mass is 10.0. The number of methoxy groups -OCH3 is 2. The van der Waals surface area contributed by atoms with E-state index in [2.05, 4.69) is 4.98 Å². The molecule has 1 fully saturated rings. The predicted octanol–water partition coefficient (Wildman–Crippen LogP) is 4.30. The van der Waals surface area contributed by atoms with E-state index in [1.807, 2.05) is 23.1 Å². The number of aromatic amines is 1. The van der Waals surface area contributed by atoms with Crippen molar-refractivity contribution in [1.29, 1.82) is 0 Å². The summed E-state index contributed by atoms with van der Waals surface area (Å²) in [5.41, 5.74) is 2.03. The highest BCUT2D eigenvalue weighted by atomic mass is 19.1. The molecular weight excluding hydrogens is 347 g/mol. The van der Waals surface area contributed by atoms with Crippen LogP contribution in [0.3, 0.4) is 0 Å². The summed E-state index contributed by atoms with van der Waals surface area (Å²) in [5.74, 6) is 0.841. The first-order valence-corrected chi connectivity index (χ1v) is 8.92. The van der Waals surface area contributed by atoms with Gasteiger partial charge in [0.1, 0.15) is 11.5 Å². The number of ether oxygens (including phenoxy) is 2. The lowest BCUT2D eigenvalue weighted by Gasteiger charge is -2.25. The van der Waals surface area contributed by atoms with E-state index >= 15 is 0 Å². The number of nitrogens with one attached hydrogen (secondary N) is 1. The lowest BCUT2D eigenvalue weighted by molar-refractivity contribution is 0.0730. The van der Waals surface area contributed by atoms with Gasteiger partial charge in [-0.15, -0.1) is 0 Å². The van der Waals surface area contributed by atoms with Gasteiger partial charge in [-0.05, 0) is 48.7 Å². The number of hydrogen-bond acceptors (Lipinski definition) is 3. The third kappa shape index (κ3) is 3.01. The van der Waals surface area contributed by atoms with Crippen LogP contribution in [0.4, 0.5) is 4.39 Å². The lowest BCUT2D eigenvalue weighted by Crippen LogP contribution is -2.30. The summed E-state index contributed by atoms with van der Waals surface area (Å²) < 4.78 is 24.7. The van der Waals surface area contributed by atoms with Gasteiger partial charge in [-0.25, -0.2) is 4.39 Å². The van der Waals surface area contributed by atoms with Crippen molar-refractivity contribution in [2.45, 2.75) is 18.9 Å². The fraction of sp³-hybridized carbons (Fsp3) is 0.286. The molecule has 0 spiro atoms. The quantitative estimate of drug-likeness (QED) is 0.747. The summed E-state index contributed by atoms with van der Waals surface area (Å²) in [4.78, 5) is 18.0.